The molecule has 0 saturated heterocycles. The second kappa shape index (κ2) is 6.50. The Kier molecular flexibility index (Phi) is 5.28. The van der Waals surface area contributed by atoms with E-state index >= 15 is 0 Å². The molecule has 0 spiro atoms. The first-order chi connectivity index (χ1) is 8.47. The molecule has 0 fully saturated rings. The van der Waals surface area contributed by atoms with Crippen molar-refractivity contribution in [3.8, 4) is 0 Å². The van der Waals surface area contributed by atoms with Gasteiger partial charge in [-0.25, -0.2) is 4.39 Å². The van der Waals surface area contributed by atoms with Crippen molar-refractivity contribution in [3.63, 3.8) is 0 Å². The van der Waals surface area contributed by atoms with Crippen LogP contribution in [0.5, 0.6) is 0 Å². The molecule has 0 aliphatic carbocycles. The number of benzene rings is 1. The third-order valence-electron chi connectivity index (χ3n) is 2.91. The van der Waals surface area contributed by atoms with Gasteiger partial charge in [-0.05, 0) is 51.4 Å². The van der Waals surface area contributed by atoms with E-state index in [-0.39, 0.29) is 17.8 Å². The van der Waals surface area contributed by atoms with Crippen LogP contribution >= 0.6 is 0 Å². The van der Waals surface area contributed by atoms with Gasteiger partial charge in [0.05, 0.1) is 0 Å². The van der Waals surface area contributed by atoms with Crippen LogP contribution in [0.1, 0.15) is 36.2 Å². The SMILES string of the molecule is Cc1ccc(C(=O)N(CCCN)C(C)C)cc1F. The quantitative estimate of drug-likeness (QED) is 0.874. The number of nitrogens with two attached hydrogens (primary N) is 1. The standard InChI is InChI=1S/C14H21FN2O/c1-10(2)17(8-4-7-16)14(18)12-6-5-11(3)13(15)9-12/h5-6,9-10H,4,7-8,16H2,1-3H3. The molecule has 4 heteroatoms. The summed E-state index contributed by atoms with van der Waals surface area (Å²) in [5.41, 5.74) is 6.40. The van der Waals surface area contributed by atoms with Gasteiger partial charge in [0.2, 0.25) is 0 Å². The maximum absolute atomic E-state index is 13.5. The molecule has 0 aliphatic rings. The molecule has 0 unspecified atom stereocenters. The van der Waals surface area contributed by atoms with Crippen LogP contribution in [-0.4, -0.2) is 29.9 Å². The number of halogens is 1. The normalized spacial score (nSPS) is 10.8. The number of carbonyl (C=O) groups excluding carboxylic acids is 1. The number of carbonyl (C=O) groups is 1. The van der Waals surface area contributed by atoms with Crippen LogP contribution in [0, 0.1) is 12.7 Å². The van der Waals surface area contributed by atoms with E-state index in [9.17, 15) is 9.18 Å². The highest BCUT2D eigenvalue weighted by Gasteiger charge is 2.18. The van der Waals surface area contributed by atoms with Gasteiger partial charge in [0.1, 0.15) is 5.82 Å². The minimum atomic E-state index is -0.344. The van der Waals surface area contributed by atoms with Crippen molar-refractivity contribution < 1.29 is 9.18 Å². The van der Waals surface area contributed by atoms with Gasteiger partial charge in [0.15, 0.2) is 0 Å². The van der Waals surface area contributed by atoms with Crippen molar-refractivity contribution in [2.45, 2.75) is 33.2 Å². The van der Waals surface area contributed by atoms with E-state index in [0.29, 0.717) is 24.2 Å². The Hall–Kier alpha value is -1.42. The highest BCUT2D eigenvalue weighted by molar-refractivity contribution is 5.94. The highest BCUT2D eigenvalue weighted by atomic mass is 19.1. The third-order valence-corrected chi connectivity index (χ3v) is 2.91. The van der Waals surface area contributed by atoms with Crippen LogP contribution < -0.4 is 5.73 Å². The number of rotatable bonds is 5. The summed E-state index contributed by atoms with van der Waals surface area (Å²) >= 11 is 0. The van der Waals surface area contributed by atoms with Gasteiger partial charge in [-0.1, -0.05) is 6.07 Å². The summed E-state index contributed by atoms with van der Waals surface area (Å²) in [6, 6.07) is 4.67. The van der Waals surface area contributed by atoms with Gasteiger partial charge in [-0.2, -0.15) is 0 Å². The highest BCUT2D eigenvalue weighted by Crippen LogP contribution is 2.13. The molecule has 18 heavy (non-hydrogen) atoms. The second-order valence-electron chi connectivity index (χ2n) is 4.70. The number of nitrogens with zero attached hydrogens (tertiary/aromatic N) is 1. The molecule has 0 saturated carbocycles. The van der Waals surface area contributed by atoms with Crippen LogP contribution in [0.25, 0.3) is 0 Å². The van der Waals surface area contributed by atoms with Crippen molar-refractivity contribution in [2.24, 2.45) is 5.73 Å². The zero-order valence-electron chi connectivity index (χ0n) is 11.2. The van der Waals surface area contributed by atoms with Gasteiger partial charge in [-0.15, -0.1) is 0 Å². The minimum absolute atomic E-state index is 0.0772. The van der Waals surface area contributed by atoms with Crippen molar-refractivity contribution in [1.82, 2.24) is 4.90 Å². The lowest BCUT2D eigenvalue weighted by molar-refractivity contribution is 0.0704. The third kappa shape index (κ3) is 3.53. The predicted octanol–water partition coefficient (Wildman–Crippen LogP) is 2.33. The Morgan fingerprint density at radius 1 is 1.44 bits per heavy atom. The molecule has 0 aromatic heterocycles. The molecule has 0 bridgehead atoms. The Balaban J connectivity index is 2.91. The summed E-state index contributed by atoms with van der Waals surface area (Å²) in [7, 11) is 0. The predicted molar refractivity (Wildman–Crippen MR) is 71.0 cm³/mol. The molecule has 1 rings (SSSR count). The summed E-state index contributed by atoms with van der Waals surface area (Å²) in [5, 5.41) is 0. The molecule has 0 aliphatic heterocycles. The Morgan fingerprint density at radius 2 is 2.11 bits per heavy atom. The van der Waals surface area contributed by atoms with Gasteiger partial charge < -0.3 is 10.6 Å². The zero-order valence-corrected chi connectivity index (χ0v) is 11.2. The van der Waals surface area contributed by atoms with E-state index in [2.05, 4.69) is 0 Å². The molecular formula is C14H21FN2O. The van der Waals surface area contributed by atoms with Gasteiger partial charge >= 0.3 is 0 Å². The Morgan fingerprint density at radius 3 is 2.61 bits per heavy atom. The number of hydrogen-bond donors (Lipinski definition) is 1. The summed E-state index contributed by atoms with van der Waals surface area (Å²) in [4.78, 5) is 14.0. The van der Waals surface area contributed by atoms with Crippen LogP contribution in [-0.2, 0) is 0 Å². The lowest BCUT2D eigenvalue weighted by Gasteiger charge is -2.26. The Labute approximate surface area is 108 Å². The smallest absolute Gasteiger partial charge is 0.254 e. The molecule has 3 nitrogen and oxygen atoms in total. The maximum atomic E-state index is 13.5. The molecule has 0 atom stereocenters. The number of hydrogen-bond acceptors (Lipinski definition) is 2. The first-order valence-corrected chi connectivity index (χ1v) is 6.24. The molecule has 100 valence electrons. The largest absolute Gasteiger partial charge is 0.336 e. The van der Waals surface area contributed by atoms with E-state index in [1.54, 1.807) is 24.0 Å². The van der Waals surface area contributed by atoms with Gasteiger partial charge in [-0.3, -0.25) is 4.79 Å². The summed E-state index contributed by atoms with van der Waals surface area (Å²) in [5.74, 6) is -0.485. The fraction of sp³-hybridized carbons (Fsp3) is 0.500. The average Bonchev–Trinajstić information content (AvgIpc) is 2.32. The molecule has 1 aromatic rings. The van der Waals surface area contributed by atoms with Crippen LogP contribution in [0.2, 0.25) is 0 Å². The van der Waals surface area contributed by atoms with Crippen LogP contribution in [0.15, 0.2) is 18.2 Å². The molecular weight excluding hydrogens is 231 g/mol. The lowest BCUT2D eigenvalue weighted by atomic mass is 10.1. The fourth-order valence-corrected chi connectivity index (χ4v) is 1.75. The monoisotopic (exact) mass is 252 g/mol. The van der Waals surface area contributed by atoms with E-state index in [4.69, 9.17) is 5.73 Å². The van der Waals surface area contributed by atoms with Crippen molar-refractivity contribution in [2.75, 3.05) is 13.1 Å². The minimum Gasteiger partial charge on any atom is -0.336 e. The van der Waals surface area contributed by atoms with Crippen molar-refractivity contribution in [1.29, 1.82) is 0 Å². The zero-order chi connectivity index (χ0) is 13.7. The van der Waals surface area contributed by atoms with Gasteiger partial charge in [0, 0.05) is 18.2 Å². The summed E-state index contributed by atoms with van der Waals surface area (Å²) < 4.78 is 13.5. The Bertz CT molecular complexity index is 418. The van der Waals surface area contributed by atoms with Crippen molar-refractivity contribution >= 4 is 5.91 Å². The van der Waals surface area contributed by atoms with Crippen LogP contribution in [0.3, 0.4) is 0 Å². The van der Waals surface area contributed by atoms with E-state index < -0.39 is 0 Å². The number of aryl methyl sites for hydroxylation is 1. The summed E-state index contributed by atoms with van der Waals surface area (Å²) in [6.45, 7) is 6.71. The average molecular weight is 252 g/mol. The number of amides is 1. The fourth-order valence-electron chi connectivity index (χ4n) is 1.75. The van der Waals surface area contributed by atoms with Gasteiger partial charge in [0.25, 0.3) is 5.91 Å². The maximum Gasteiger partial charge on any atom is 0.254 e. The van der Waals surface area contributed by atoms with Crippen molar-refractivity contribution in [3.05, 3.63) is 35.1 Å². The molecule has 0 heterocycles. The molecule has 2 N–H and O–H groups in total. The summed E-state index contributed by atoms with van der Waals surface area (Å²) in [6.07, 6.45) is 0.748. The van der Waals surface area contributed by atoms with E-state index in [1.807, 2.05) is 13.8 Å². The molecule has 1 amide bonds. The van der Waals surface area contributed by atoms with E-state index in [0.717, 1.165) is 6.42 Å². The first kappa shape index (κ1) is 14.6. The van der Waals surface area contributed by atoms with E-state index in [1.165, 1.54) is 6.07 Å². The lowest BCUT2D eigenvalue weighted by Crippen LogP contribution is -2.38. The topological polar surface area (TPSA) is 46.3 Å². The molecule has 1 aromatic carbocycles. The molecule has 0 radical (unpaired) electrons. The van der Waals surface area contributed by atoms with Crippen LogP contribution in [0.4, 0.5) is 4.39 Å². The first-order valence-electron chi connectivity index (χ1n) is 6.24. The second-order valence-corrected chi connectivity index (χ2v) is 4.70.